The van der Waals surface area contributed by atoms with E-state index in [9.17, 15) is 9.90 Å². The predicted octanol–water partition coefficient (Wildman–Crippen LogP) is 5.72. The highest BCUT2D eigenvalue weighted by molar-refractivity contribution is 7.98. The number of aromatic carboxylic acids is 1. The van der Waals surface area contributed by atoms with Crippen molar-refractivity contribution in [2.45, 2.75) is 30.0 Å². The van der Waals surface area contributed by atoms with E-state index in [0.717, 1.165) is 12.2 Å². The SMILES string of the molecule is CC(Cc1ccccc1SCc1ccccc1)Nc1ccccc1C(=O)O. The lowest BCUT2D eigenvalue weighted by atomic mass is 10.1. The third-order valence-corrected chi connectivity index (χ3v) is 5.48. The van der Waals surface area contributed by atoms with Gasteiger partial charge in [0, 0.05) is 22.4 Å². The molecule has 3 aromatic rings. The molecule has 0 bridgehead atoms. The van der Waals surface area contributed by atoms with Gasteiger partial charge in [0.15, 0.2) is 0 Å². The van der Waals surface area contributed by atoms with Crippen LogP contribution in [0, 0.1) is 0 Å². The molecule has 3 rings (SSSR count). The molecule has 3 nitrogen and oxygen atoms in total. The summed E-state index contributed by atoms with van der Waals surface area (Å²) in [5.41, 5.74) is 3.54. The second kappa shape index (κ2) is 9.28. The zero-order chi connectivity index (χ0) is 19.1. The first kappa shape index (κ1) is 19.1. The fraction of sp³-hybridized carbons (Fsp3) is 0.174. The van der Waals surface area contributed by atoms with Crippen LogP contribution in [0.25, 0.3) is 0 Å². The number of para-hydroxylation sites is 1. The zero-order valence-electron chi connectivity index (χ0n) is 15.3. The molecule has 0 heterocycles. The van der Waals surface area contributed by atoms with E-state index in [0.29, 0.717) is 11.3 Å². The molecule has 0 fully saturated rings. The van der Waals surface area contributed by atoms with Gasteiger partial charge in [0.25, 0.3) is 0 Å². The number of rotatable bonds is 8. The molecule has 4 heteroatoms. The fourth-order valence-corrected chi connectivity index (χ4v) is 4.02. The van der Waals surface area contributed by atoms with Gasteiger partial charge in [0.05, 0.1) is 5.56 Å². The van der Waals surface area contributed by atoms with Crippen LogP contribution >= 0.6 is 11.8 Å². The van der Waals surface area contributed by atoms with Crippen molar-refractivity contribution < 1.29 is 9.90 Å². The van der Waals surface area contributed by atoms with E-state index in [1.54, 1.807) is 12.1 Å². The molecule has 0 aromatic heterocycles. The summed E-state index contributed by atoms with van der Waals surface area (Å²) in [6, 6.07) is 26.0. The second-order valence-corrected chi connectivity index (χ2v) is 7.50. The Morgan fingerprint density at radius 1 is 0.963 bits per heavy atom. The van der Waals surface area contributed by atoms with E-state index in [1.807, 2.05) is 30.0 Å². The molecule has 0 amide bonds. The van der Waals surface area contributed by atoms with Crippen molar-refractivity contribution in [3.05, 3.63) is 95.6 Å². The molecule has 0 aliphatic heterocycles. The van der Waals surface area contributed by atoms with Crippen LogP contribution in [0.1, 0.15) is 28.4 Å². The van der Waals surface area contributed by atoms with Crippen molar-refractivity contribution in [3.63, 3.8) is 0 Å². The molecular weight excluding hydrogens is 354 g/mol. The normalized spacial score (nSPS) is 11.7. The van der Waals surface area contributed by atoms with Crippen LogP contribution in [0.3, 0.4) is 0 Å². The maximum Gasteiger partial charge on any atom is 0.337 e. The van der Waals surface area contributed by atoms with Crippen molar-refractivity contribution in [2.24, 2.45) is 0 Å². The molecule has 2 N–H and O–H groups in total. The Kier molecular flexibility index (Phi) is 6.55. The van der Waals surface area contributed by atoms with Crippen LogP contribution in [-0.4, -0.2) is 17.1 Å². The molecular formula is C23H23NO2S. The minimum absolute atomic E-state index is 0.115. The van der Waals surface area contributed by atoms with Gasteiger partial charge in [-0.1, -0.05) is 60.7 Å². The minimum atomic E-state index is -0.913. The molecule has 27 heavy (non-hydrogen) atoms. The highest BCUT2D eigenvalue weighted by Gasteiger charge is 2.13. The summed E-state index contributed by atoms with van der Waals surface area (Å²) >= 11 is 1.83. The van der Waals surface area contributed by atoms with Crippen molar-refractivity contribution >= 4 is 23.4 Å². The third-order valence-electron chi connectivity index (χ3n) is 4.30. The molecule has 1 atom stereocenters. The van der Waals surface area contributed by atoms with Crippen molar-refractivity contribution in [3.8, 4) is 0 Å². The standard InChI is InChI=1S/C23H23NO2S/c1-17(24-21-13-7-6-12-20(21)23(25)26)15-19-11-5-8-14-22(19)27-16-18-9-3-2-4-10-18/h2-14,17,24H,15-16H2,1H3,(H,25,26). The first-order valence-electron chi connectivity index (χ1n) is 8.97. The van der Waals surface area contributed by atoms with Gasteiger partial charge in [0.1, 0.15) is 0 Å². The average molecular weight is 378 g/mol. The van der Waals surface area contributed by atoms with Gasteiger partial charge in [0.2, 0.25) is 0 Å². The van der Waals surface area contributed by atoms with Gasteiger partial charge in [-0.05, 0) is 42.7 Å². The number of hydrogen-bond acceptors (Lipinski definition) is 3. The summed E-state index contributed by atoms with van der Waals surface area (Å²) < 4.78 is 0. The van der Waals surface area contributed by atoms with Crippen LogP contribution < -0.4 is 5.32 Å². The first-order chi connectivity index (χ1) is 13.1. The highest BCUT2D eigenvalue weighted by Crippen LogP contribution is 2.27. The topological polar surface area (TPSA) is 49.3 Å². The summed E-state index contributed by atoms with van der Waals surface area (Å²) in [5.74, 6) is 0.0192. The van der Waals surface area contributed by atoms with Crippen LogP contribution in [0.4, 0.5) is 5.69 Å². The molecule has 3 aromatic carbocycles. The summed E-state index contributed by atoms with van der Waals surface area (Å²) in [6.07, 6.45) is 0.825. The van der Waals surface area contributed by atoms with Gasteiger partial charge in [-0.15, -0.1) is 11.8 Å². The fourth-order valence-electron chi connectivity index (χ4n) is 2.99. The van der Waals surface area contributed by atoms with E-state index < -0.39 is 5.97 Å². The monoisotopic (exact) mass is 377 g/mol. The van der Waals surface area contributed by atoms with Crippen LogP contribution in [0.15, 0.2) is 83.8 Å². The number of hydrogen-bond donors (Lipinski definition) is 2. The number of carboxylic acids is 1. The maximum absolute atomic E-state index is 11.4. The van der Waals surface area contributed by atoms with Gasteiger partial charge in [-0.3, -0.25) is 0 Å². The smallest absolute Gasteiger partial charge is 0.337 e. The van der Waals surface area contributed by atoms with E-state index in [-0.39, 0.29) is 6.04 Å². The molecule has 0 aliphatic rings. The number of thioether (sulfide) groups is 1. The van der Waals surface area contributed by atoms with Crippen molar-refractivity contribution in [1.29, 1.82) is 0 Å². The average Bonchev–Trinajstić information content (AvgIpc) is 2.68. The predicted molar refractivity (Wildman–Crippen MR) is 113 cm³/mol. The summed E-state index contributed by atoms with van der Waals surface area (Å²) in [4.78, 5) is 12.7. The Bertz CT molecular complexity index is 896. The van der Waals surface area contributed by atoms with Gasteiger partial charge < -0.3 is 10.4 Å². The van der Waals surface area contributed by atoms with Crippen molar-refractivity contribution in [2.75, 3.05) is 5.32 Å². The molecule has 0 radical (unpaired) electrons. The Hall–Kier alpha value is -2.72. The largest absolute Gasteiger partial charge is 0.478 e. The molecule has 0 aliphatic carbocycles. The summed E-state index contributed by atoms with van der Waals surface area (Å²) in [6.45, 7) is 2.08. The van der Waals surface area contributed by atoms with Crippen LogP contribution in [-0.2, 0) is 12.2 Å². The Balaban J connectivity index is 1.68. The number of anilines is 1. The van der Waals surface area contributed by atoms with Gasteiger partial charge in [-0.2, -0.15) is 0 Å². The first-order valence-corrected chi connectivity index (χ1v) is 9.95. The summed E-state index contributed by atoms with van der Waals surface area (Å²) in [5, 5.41) is 12.7. The Labute approximate surface area is 164 Å². The molecule has 1 unspecified atom stereocenters. The van der Waals surface area contributed by atoms with Crippen LogP contribution in [0.2, 0.25) is 0 Å². The minimum Gasteiger partial charge on any atom is -0.478 e. The van der Waals surface area contributed by atoms with E-state index in [4.69, 9.17) is 0 Å². The lowest BCUT2D eigenvalue weighted by Gasteiger charge is -2.18. The number of carbonyl (C=O) groups is 1. The lowest BCUT2D eigenvalue weighted by Crippen LogP contribution is -2.20. The van der Waals surface area contributed by atoms with Gasteiger partial charge in [-0.25, -0.2) is 4.79 Å². The number of benzene rings is 3. The number of carboxylic acid groups (broad SMARTS) is 1. The molecule has 0 saturated heterocycles. The summed E-state index contributed by atoms with van der Waals surface area (Å²) in [7, 11) is 0. The number of nitrogens with one attached hydrogen (secondary N) is 1. The molecule has 0 spiro atoms. The molecule has 0 saturated carbocycles. The van der Waals surface area contributed by atoms with Gasteiger partial charge >= 0.3 is 5.97 Å². The van der Waals surface area contributed by atoms with Crippen molar-refractivity contribution in [1.82, 2.24) is 0 Å². The maximum atomic E-state index is 11.4. The highest BCUT2D eigenvalue weighted by atomic mass is 32.2. The quantitative estimate of drug-likeness (QED) is 0.493. The van der Waals surface area contributed by atoms with Crippen LogP contribution in [0.5, 0.6) is 0 Å². The molecule has 138 valence electrons. The third kappa shape index (κ3) is 5.38. The lowest BCUT2D eigenvalue weighted by molar-refractivity contribution is 0.0698. The van der Waals surface area contributed by atoms with E-state index in [1.165, 1.54) is 16.0 Å². The second-order valence-electron chi connectivity index (χ2n) is 6.48. The van der Waals surface area contributed by atoms with E-state index >= 15 is 0 Å². The zero-order valence-corrected chi connectivity index (χ0v) is 16.1. The Morgan fingerprint density at radius 3 is 2.41 bits per heavy atom. The Morgan fingerprint density at radius 2 is 1.63 bits per heavy atom. The van der Waals surface area contributed by atoms with E-state index in [2.05, 4.69) is 60.8 Å².